The minimum Gasteiger partial charge on any atom is -0.399 e. The molecule has 3 heterocycles. The average Bonchev–Trinajstić information content (AvgIpc) is 3.21. The summed E-state index contributed by atoms with van der Waals surface area (Å²) in [4.78, 5) is 14.7. The molecule has 2 aromatic heterocycles. The fourth-order valence-corrected chi connectivity index (χ4v) is 4.24. The smallest absolute Gasteiger partial charge is 0.399 e. The zero-order valence-electron chi connectivity index (χ0n) is 19.1. The second kappa shape index (κ2) is 8.96. The number of rotatable bonds is 4. The van der Waals surface area contributed by atoms with Crippen molar-refractivity contribution in [2.24, 2.45) is 7.05 Å². The molecule has 4 rings (SSSR count). The Morgan fingerprint density at radius 3 is 2.44 bits per heavy atom. The fraction of sp³-hybridized carbons (Fsp3) is 0.391. The summed E-state index contributed by atoms with van der Waals surface area (Å²) in [7, 11) is 1.85. The Bertz CT molecular complexity index is 1210. The third-order valence-corrected chi connectivity index (χ3v) is 6.28. The largest absolute Gasteiger partial charge is 0.417 e. The molecule has 0 atom stereocenters. The molecule has 1 amide bonds. The van der Waals surface area contributed by atoms with Gasteiger partial charge in [-0.25, -0.2) is 0 Å². The summed E-state index contributed by atoms with van der Waals surface area (Å²) in [5.41, 5.74) is 7.66. The zero-order chi connectivity index (χ0) is 24.6. The van der Waals surface area contributed by atoms with E-state index < -0.39 is 23.2 Å². The van der Waals surface area contributed by atoms with Crippen LogP contribution < -0.4 is 16.0 Å². The molecule has 8 nitrogen and oxygen atoms in total. The molecule has 11 heteroatoms. The molecule has 0 spiro atoms. The van der Waals surface area contributed by atoms with E-state index in [2.05, 4.69) is 25.5 Å². The van der Waals surface area contributed by atoms with Gasteiger partial charge in [-0.05, 0) is 62.1 Å². The third-order valence-electron chi connectivity index (χ3n) is 6.28. The van der Waals surface area contributed by atoms with Gasteiger partial charge in [0, 0.05) is 38.1 Å². The number of alkyl halides is 3. The predicted octanol–water partition coefficient (Wildman–Crippen LogP) is 3.49. The Labute approximate surface area is 195 Å². The quantitative estimate of drug-likeness (QED) is 0.563. The number of aryl methyl sites for hydroxylation is 1. The summed E-state index contributed by atoms with van der Waals surface area (Å²) in [5, 5.41) is 15.8. The minimum atomic E-state index is -4.67. The van der Waals surface area contributed by atoms with E-state index in [1.807, 2.05) is 27.0 Å². The molecule has 1 saturated heterocycles. The molecule has 1 fully saturated rings. The van der Waals surface area contributed by atoms with Crippen LogP contribution in [0.4, 0.5) is 24.7 Å². The molecule has 0 bridgehead atoms. The van der Waals surface area contributed by atoms with Crippen molar-refractivity contribution in [3.8, 4) is 11.4 Å². The van der Waals surface area contributed by atoms with E-state index in [9.17, 15) is 18.0 Å². The van der Waals surface area contributed by atoms with Crippen LogP contribution in [0.25, 0.3) is 11.4 Å². The van der Waals surface area contributed by atoms with Gasteiger partial charge in [0.2, 0.25) is 0 Å². The van der Waals surface area contributed by atoms with Crippen LogP contribution in [0.5, 0.6) is 0 Å². The normalized spacial score (nSPS) is 14.9. The van der Waals surface area contributed by atoms with Gasteiger partial charge in [-0.1, -0.05) is 0 Å². The second-order valence-electron chi connectivity index (χ2n) is 8.50. The van der Waals surface area contributed by atoms with Crippen molar-refractivity contribution in [3.05, 3.63) is 52.7 Å². The first kappa shape index (κ1) is 23.5. The number of amides is 1. The highest BCUT2D eigenvalue weighted by Crippen LogP contribution is 2.34. The van der Waals surface area contributed by atoms with Gasteiger partial charge in [-0.15, -0.1) is 10.2 Å². The first-order valence-electron chi connectivity index (χ1n) is 10.9. The Balaban J connectivity index is 1.44. The van der Waals surface area contributed by atoms with Crippen LogP contribution in [0.15, 0.2) is 30.5 Å². The van der Waals surface area contributed by atoms with Gasteiger partial charge in [-0.2, -0.15) is 18.3 Å². The first-order chi connectivity index (χ1) is 16.1. The van der Waals surface area contributed by atoms with E-state index in [4.69, 9.17) is 5.73 Å². The van der Waals surface area contributed by atoms with E-state index in [0.29, 0.717) is 25.9 Å². The molecule has 1 aliphatic rings. The Morgan fingerprint density at radius 2 is 1.82 bits per heavy atom. The van der Waals surface area contributed by atoms with Crippen molar-refractivity contribution in [2.45, 2.75) is 38.9 Å². The molecule has 0 radical (unpaired) electrons. The minimum absolute atomic E-state index is 0.0432. The number of nitrogen functional groups attached to an aromatic ring is 1. The molecule has 1 aromatic carbocycles. The SMILES string of the molecule is Cc1c(-c2ccnn2C)nnc(N2CCC(NC(=O)c3ccc(N)cc3C(F)(F)F)CC2)c1C. The number of halogens is 3. The van der Waals surface area contributed by atoms with Crippen molar-refractivity contribution in [2.75, 3.05) is 23.7 Å². The van der Waals surface area contributed by atoms with Gasteiger partial charge in [0.1, 0.15) is 5.69 Å². The molecular weight excluding hydrogens is 447 g/mol. The van der Waals surface area contributed by atoms with Gasteiger partial charge in [-0.3, -0.25) is 9.48 Å². The maximum Gasteiger partial charge on any atom is 0.417 e. The van der Waals surface area contributed by atoms with Crippen LogP contribution in [0, 0.1) is 13.8 Å². The lowest BCUT2D eigenvalue weighted by atomic mass is 10.0. The average molecular weight is 474 g/mol. The standard InChI is InChI=1S/C23H26F3N7O/c1-13-14(2)21(31-30-20(13)19-6-9-28-32(19)3)33-10-7-16(8-11-33)29-22(34)17-5-4-15(27)12-18(17)23(24,25)26/h4-6,9,12,16H,7-8,10-11,27H2,1-3H3,(H,29,34). The number of anilines is 2. The number of nitrogens with one attached hydrogen (secondary N) is 1. The van der Waals surface area contributed by atoms with E-state index in [1.54, 1.807) is 10.9 Å². The van der Waals surface area contributed by atoms with Gasteiger partial charge in [0.15, 0.2) is 5.82 Å². The van der Waals surface area contributed by atoms with Crippen LogP contribution in [0.1, 0.15) is 39.9 Å². The topological polar surface area (TPSA) is 102 Å². The van der Waals surface area contributed by atoms with Gasteiger partial charge in [0.05, 0.1) is 16.8 Å². The fourth-order valence-electron chi connectivity index (χ4n) is 4.24. The van der Waals surface area contributed by atoms with Crippen molar-refractivity contribution >= 4 is 17.4 Å². The Morgan fingerprint density at radius 1 is 1.12 bits per heavy atom. The van der Waals surface area contributed by atoms with E-state index in [0.717, 1.165) is 40.5 Å². The number of nitrogens with two attached hydrogens (primary N) is 1. The number of hydrogen-bond donors (Lipinski definition) is 2. The number of carbonyl (C=O) groups is 1. The molecule has 0 aliphatic carbocycles. The molecule has 1 aliphatic heterocycles. The summed E-state index contributed by atoms with van der Waals surface area (Å²) in [6, 6.07) is 4.84. The molecule has 0 saturated carbocycles. The molecular formula is C23H26F3N7O. The summed E-state index contributed by atoms with van der Waals surface area (Å²) >= 11 is 0. The molecule has 180 valence electrons. The highest BCUT2D eigenvalue weighted by atomic mass is 19.4. The molecule has 0 unspecified atom stereocenters. The van der Waals surface area contributed by atoms with Gasteiger partial charge in [0.25, 0.3) is 5.91 Å². The lowest BCUT2D eigenvalue weighted by molar-refractivity contribution is -0.137. The van der Waals surface area contributed by atoms with Crippen molar-refractivity contribution in [1.82, 2.24) is 25.3 Å². The summed E-state index contributed by atoms with van der Waals surface area (Å²) in [6.07, 6.45) is -1.81. The van der Waals surface area contributed by atoms with Crippen LogP contribution in [0.2, 0.25) is 0 Å². The number of hydrogen-bond acceptors (Lipinski definition) is 6. The summed E-state index contributed by atoms with van der Waals surface area (Å²) in [5.74, 6) is 0.0178. The van der Waals surface area contributed by atoms with Crippen LogP contribution in [0.3, 0.4) is 0 Å². The van der Waals surface area contributed by atoms with Crippen molar-refractivity contribution < 1.29 is 18.0 Å². The van der Waals surface area contributed by atoms with E-state index >= 15 is 0 Å². The maximum absolute atomic E-state index is 13.4. The van der Waals surface area contributed by atoms with Crippen LogP contribution in [-0.2, 0) is 13.2 Å². The third kappa shape index (κ3) is 4.55. The lowest BCUT2D eigenvalue weighted by Gasteiger charge is -2.34. The monoisotopic (exact) mass is 473 g/mol. The molecule has 3 aromatic rings. The Hall–Kier alpha value is -3.63. The van der Waals surface area contributed by atoms with Crippen molar-refractivity contribution in [1.29, 1.82) is 0 Å². The number of carbonyl (C=O) groups excluding carboxylic acids is 1. The first-order valence-corrected chi connectivity index (χ1v) is 10.9. The highest BCUT2D eigenvalue weighted by Gasteiger charge is 2.36. The summed E-state index contributed by atoms with van der Waals surface area (Å²) in [6.45, 7) is 5.18. The number of nitrogens with zero attached hydrogens (tertiary/aromatic N) is 5. The highest BCUT2D eigenvalue weighted by molar-refractivity contribution is 5.96. The Kier molecular flexibility index (Phi) is 6.20. The summed E-state index contributed by atoms with van der Waals surface area (Å²) < 4.78 is 41.8. The van der Waals surface area contributed by atoms with E-state index in [1.165, 1.54) is 6.07 Å². The number of piperidine rings is 1. The zero-order valence-corrected chi connectivity index (χ0v) is 19.1. The lowest BCUT2D eigenvalue weighted by Crippen LogP contribution is -2.45. The molecule has 34 heavy (non-hydrogen) atoms. The van der Waals surface area contributed by atoms with E-state index in [-0.39, 0.29) is 11.7 Å². The predicted molar refractivity (Wildman–Crippen MR) is 122 cm³/mol. The molecule has 3 N–H and O–H groups in total. The number of aromatic nitrogens is 4. The van der Waals surface area contributed by atoms with Crippen LogP contribution >= 0.6 is 0 Å². The second-order valence-corrected chi connectivity index (χ2v) is 8.50. The van der Waals surface area contributed by atoms with Gasteiger partial charge < -0.3 is 16.0 Å². The van der Waals surface area contributed by atoms with Gasteiger partial charge >= 0.3 is 6.18 Å². The maximum atomic E-state index is 13.4. The van der Waals surface area contributed by atoms with Crippen LogP contribution in [-0.4, -0.2) is 45.0 Å². The van der Waals surface area contributed by atoms with Crippen molar-refractivity contribution in [3.63, 3.8) is 0 Å². The number of benzene rings is 1.